The second-order valence-electron chi connectivity index (χ2n) is 2.13. The van der Waals surface area contributed by atoms with Crippen molar-refractivity contribution in [1.82, 2.24) is 0 Å². The van der Waals surface area contributed by atoms with Gasteiger partial charge in [-0.05, 0) is 0 Å². The first-order chi connectivity index (χ1) is 5.81. The average molecular weight is 210 g/mol. The molecule has 0 saturated carbocycles. The van der Waals surface area contributed by atoms with E-state index in [0.29, 0.717) is 0 Å². The fourth-order valence-electron chi connectivity index (χ4n) is 0.306. The summed E-state index contributed by atoms with van der Waals surface area (Å²) in [5, 5.41) is 19.1. The van der Waals surface area contributed by atoms with E-state index in [1.165, 1.54) is 7.05 Å². The Morgan fingerprint density at radius 1 is 1.38 bits per heavy atom. The molecule has 1 unspecified atom stereocenters. The van der Waals surface area contributed by atoms with Crippen LogP contribution in [0.3, 0.4) is 0 Å². The predicted molar refractivity (Wildman–Crippen MR) is 42.7 cm³/mol. The van der Waals surface area contributed by atoms with Crippen LogP contribution >= 0.6 is 0 Å². The molecule has 0 aromatic carbocycles. The van der Waals surface area contributed by atoms with Gasteiger partial charge in [0.2, 0.25) is 0 Å². The maximum atomic E-state index is 10.4. The third-order valence-corrected chi connectivity index (χ3v) is 2.07. The highest BCUT2D eigenvalue weighted by atomic mass is 32.2. The molecule has 0 aliphatic carbocycles. The number of rotatable bonds is 4. The average Bonchev–Trinajstić information content (AvgIpc) is 1.96. The van der Waals surface area contributed by atoms with Crippen LogP contribution in [0.4, 0.5) is 0 Å². The molecular weight excluding hydrogens is 200 g/mol. The number of hydrogen-bond donors (Lipinski definition) is 2. The standard InChI is InChI=1S/C4H10N4O4S/c1-4(9,13(10,11)12)8-7-3-6-5-2/h9H,3H2,1-2H3,(H,10,11,12). The van der Waals surface area contributed by atoms with Gasteiger partial charge in [0.1, 0.15) is 0 Å². The van der Waals surface area contributed by atoms with E-state index < -0.39 is 15.2 Å². The predicted octanol–water partition coefficient (Wildman–Crippen LogP) is 0.0319. The summed E-state index contributed by atoms with van der Waals surface area (Å²) in [5.41, 5.74) is 0. The Labute approximate surface area is 75.2 Å². The Balaban J connectivity index is 4.43. The second-order valence-corrected chi connectivity index (χ2v) is 3.86. The minimum Gasteiger partial charge on any atom is -0.354 e. The van der Waals surface area contributed by atoms with Gasteiger partial charge in [-0.25, -0.2) is 0 Å². The summed E-state index contributed by atoms with van der Waals surface area (Å²) in [6.45, 7) is 0.580. The second kappa shape index (κ2) is 4.35. The van der Waals surface area contributed by atoms with Crippen LogP contribution < -0.4 is 0 Å². The van der Waals surface area contributed by atoms with Crippen molar-refractivity contribution in [2.75, 3.05) is 13.7 Å². The molecule has 0 amide bonds. The first-order valence-corrected chi connectivity index (χ1v) is 4.59. The van der Waals surface area contributed by atoms with E-state index in [1.54, 1.807) is 0 Å². The van der Waals surface area contributed by atoms with Crippen LogP contribution in [0.25, 0.3) is 0 Å². The van der Waals surface area contributed by atoms with Crippen molar-refractivity contribution in [3.8, 4) is 0 Å². The summed E-state index contributed by atoms with van der Waals surface area (Å²) < 4.78 is 29.2. The molecule has 0 aromatic heterocycles. The van der Waals surface area contributed by atoms with Crippen molar-refractivity contribution in [3.05, 3.63) is 0 Å². The van der Waals surface area contributed by atoms with Crippen molar-refractivity contribution >= 4 is 10.1 Å². The zero-order valence-corrected chi connectivity index (χ0v) is 7.93. The molecule has 2 N–H and O–H groups in total. The number of nitrogens with zero attached hydrogens (tertiary/aromatic N) is 4. The van der Waals surface area contributed by atoms with E-state index in [9.17, 15) is 8.42 Å². The summed E-state index contributed by atoms with van der Waals surface area (Å²) in [5.74, 6) is 0. The molecule has 0 aliphatic heterocycles. The van der Waals surface area contributed by atoms with Gasteiger partial charge in [-0.15, -0.1) is 5.11 Å². The Hall–Kier alpha value is -0.930. The van der Waals surface area contributed by atoms with Crippen LogP contribution in [0.5, 0.6) is 0 Å². The molecule has 0 radical (unpaired) electrons. The van der Waals surface area contributed by atoms with Gasteiger partial charge in [-0.2, -0.15) is 23.8 Å². The third-order valence-electron chi connectivity index (χ3n) is 1.01. The van der Waals surface area contributed by atoms with Crippen molar-refractivity contribution < 1.29 is 18.1 Å². The van der Waals surface area contributed by atoms with E-state index in [2.05, 4.69) is 20.5 Å². The van der Waals surface area contributed by atoms with Crippen LogP contribution in [0.2, 0.25) is 0 Å². The van der Waals surface area contributed by atoms with Crippen LogP contribution in [-0.4, -0.2) is 36.9 Å². The Bertz CT molecular complexity index is 306. The lowest BCUT2D eigenvalue weighted by Crippen LogP contribution is -2.31. The van der Waals surface area contributed by atoms with Crippen LogP contribution in [0.1, 0.15) is 6.92 Å². The zero-order valence-electron chi connectivity index (χ0n) is 7.12. The highest BCUT2D eigenvalue weighted by Crippen LogP contribution is 2.13. The molecule has 76 valence electrons. The number of hydrogen-bond acceptors (Lipinski definition) is 7. The summed E-state index contributed by atoms with van der Waals surface area (Å²) >= 11 is 0. The van der Waals surface area contributed by atoms with E-state index >= 15 is 0 Å². The summed E-state index contributed by atoms with van der Waals surface area (Å²) in [4.78, 5) is 0. The first-order valence-electron chi connectivity index (χ1n) is 3.15. The molecule has 0 aliphatic rings. The topological polar surface area (TPSA) is 124 Å². The molecule has 0 heterocycles. The van der Waals surface area contributed by atoms with Gasteiger partial charge in [-0.3, -0.25) is 4.55 Å². The highest BCUT2D eigenvalue weighted by Gasteiger charge is 2.35. The molecule has 8 nitrogen and oxygen atoms in total. The van der Waals surface area contributed by atoms with E-state index in [4.69, 9.17) is 9.66 Å². The van der Waals surface area contributed by atoms with E-state index in [0.717, 1.165) is 6.92 Å². The quantitative estimate of drug-likeness (QED) is 0.501. The van der Waals surface area contributed by atoms with Gasteiger partial charge >= 0.3 is 15.2 Å². The maximum Gasteiger partial charge on any atom is 0.318 e. The molecule has 0 spiro atoms. The van der Waals surface area contributed by atoms with Gasteiger partial charge in [0.05, 0.1) is 0 Å². The van der Waals surface area contributed by atoms with Gasteiger partial charge in [0, 0.05) is 14.0 Å². The molecule has 0 bridgehead atoms. The smallest absolute Gasteiger partial charge is 0.318 e. The van der Waals surface area contributed by atoms with Crippen molar-refractivity contribution in [2.24, 2.45) is 20.5 Å². The molecule has 0 rings (SSSR count). The summed E-state index contributed by atoms with van der Waals surface area (Å²) in [7, 11) is -3.27. The van der Waals surface area contributed by atoms with Gasteiger partial charge in [0.15, 0.2) is 6.67 Å². The first kappa shape index (κ1) is 12.1. The molecule has 0 aromatic rings. The van der Waals surface area contributed by atoms with Gasteiger partial charge in [-0.1, -0.05) is 0 Å². The number of aliphatic hydroxyl groups is 1. The lowest BCUT2D eigenvalue weighted by Gasteiger charge is -2.11. The Morgan fingerprint density at radius 2 is 1.92 bits per heavy atom. The summed E-state index contributed by atoms with van der Waals surface area (Å²) in [6.07, 6.45) is 0. The van der Waals surface area contributed by atoms with Gasteiger partial charge in [0.25, 0.3) is 0 Å². The van der Waals surface area contributed by atoms with Crippen molar-refractivity contribution in [2.45, 2.75) is 12.0 Å². The molecule has 1 atom stereocenters. The largest absolute Gasteiger partial charge is 0.354 e. The molecule has 0 fully saturated rings. The minimum atomic E-state index is -4.67. The third kappa shape index (κ3) is 4.01. The van der Waals surface area contributed by atoms with Gasteiger partial charge < -0.3 is 5.11 Å². The minimum absolute atomic E-state index is 0.206. The molecule has 13 heavy (non-hydrogen) atoms. The molecular formula is C4H10N4O4S. The highest BCUT2D eigenvalue weighted by molar-refractivity contribution is 7.87. The van der Waals surface area contributed by atoms with Crippen LogP contribution in [0, 0.1) is 0 Å². The van der Waals surface area contributed by atoms with Crippen molar-refractivity contribution in [3.63, 3.8) is 0 Å². The van der Waals surface area contributed by atoms with Crippen LogP contribution in [0.15, 0.2) is 20.5 Å². The normalized spacial score (nSPS) is 18.2. The Morgan fingerprint density at radius 3 is 2.31 bits per heavy atom. The monoisotopic (exact) mass is 210 g/mol. The summed E-state index contributed by atoms with van der Waals surface area (Å²) in [6, 6.07) is 0. The fraction of sp³-hybridized carbons (Fsp3) is 1.00. The number of azo groups is 2. The Kier molecular flexibility index (Phi) is 4.04. The van der Waals surface area contributed by atoms with E-state index in [-0.39, 0.29) is 6.67 Å². The van der Waals surface area contributed by atoms with Crippen LogP contribution in [-0.2, 0) is 10.1 Å². The maximum absolute atomic E-state index is 10.4. The fourth-order valence-corrected chi connectivity index (χ4v) is 0.467. The lowest BCUT2D eigenvalue weighted by molar-refractivity contribution is 0.133. The lowest BCUT2D eigenvalue weighted by atomic mass is 10.7. The van der Waals surface area contributed by atoms with E-state index in [1.807, 2.05) is 0 Å². The zero-order chi connectivity index (χ0) is 10.5. The molecule has 9 heteroatoms. The SMILES string of the molecule is CN=NCN=NC(C)(O)S(=O)(=O)O. The molecule has 0 saturated heterocycles. The van der Waals surface area contributed by atoms with Crippen molar-refractivity contribution in [1.29, 1.82) is 0 Å².